The van der Waals surface area contributed by atoms with Crippen molar-refractivity contribution in [2.45, 2.75) is 20.4 Å². The third-order valence-electron chi connectivity index (χ3n) is 3.27. The van der Waals surface area contributed by atoms with Crippen molar-refractivity contribution < 1.29 is 4.79 Å². The third kappa shape index (κ3) is 2.26. The van der Waals surface area contributed by atoms with Crippen LogP contribution in [0.25, 0.3) is 0 Å². The van der Waals surface area contributed by atoms with Gasteiger partial charge >= 0.3 is 0 Å². The molecular formula is C14H14N4O2. The van der Waals surface area contributed by atoms with Gasteiger partial charge in [-0.25, -0.2) is 4.68 Å². The van der Waals surface area contributed by atoms with Crippen LogP contribution in [0.1, 0.15) is 27.3 Å². The molecule has 0 aliphatic rings. The molecule has 6 heteroatoms. The molecule has 0 spiro atoms. The maximum absolute atomic E-state index is 12.1. The van der Waals surface area contributed by atoms with Crippen molar-refractivity contribution in [3.8, 4) is 6.07 Å². The summed E-state index contributed by atoms with van der Waals surface area (Å²) in [4.78, 5) is 24.2. The number of ketones is 1. The van der Waals surface area contributed by atoms with E-state index in [0.717, 1.165) is 4.68 Å². The number of nitrogens with zero attached hydrogens (tertiary/aromatic N) is 4. The van der Waals surface area contributed by atoms with Gasteiger partial charge in [-0.15, -0.1) is 0 Å². The monoisotopic (exact) mass is 270 g/mol. The molecule has 0 N–H and O–H groups in total. The molecule has 102 valence electrons. The highest BCUT2D eigenvalue weighted by atomic mass is 16.1. The predicted octanol–water partition coefficient (Wildman–Crippen LogP) is 0.953. The second-order valence-corrected chi connectivity index (χ2v) is 4.59. The van der Waals surface area contributed by atoms with Gasteiger partial charge in [0, 0.05) is 13.2 Å². The zero-order chi connectivity index (χ0) is 14.9. The van der Waals surface area contributed by atoms with Crippen molar-refractivity contribution in [1.29, 1.82) is 5.26 Å². The minimum Gasteiger partial charge on any atom is -0.348 e. The van der Waals surface area contributed by atoms with Crippen molar-refractivity contribution in [1.82, 2.24) is 14.3 Å². The Morgan fingerprint density at radius 3 is 2.70 bits per heavy atom. The van der Waals surface area contributed by atoms with Gasteiger partial charge < -0.3 is 4.57 Å². The number of hydrogen-bond donors (Lipinski definition) is 0. The van der Waals surface area contributed by atoms with Crippen LogP contribution in [0.2, 0.25) is 0 Å². The number of aryl methyl sites for hydroxylation is 2. The topological polar surface area (TPSA) is 80.7 Å². The van der Waals surface area contributed by atoms with Crippen LogP contribution in [0.15, 0.2) is 23.1 Å². The molecule has 0 aliphatic heterocycles. The molecule has 0 aliphatic carbocycles. The molecule has 0 fully saturated rings. The second-order valence-electron chi connectivity index (χ2n) is 4.59. The molecule has 0 amide bonds. The van der Waals surface area contributed by atoms with E-state index in [1.54, 1.807) is 43.8 Å². The molecule has 2 heterocycles. The summed E-state index contributed by atoms with van der Waals surface area (Å²) in [6, 6.07) is 5.31. The van der Waals surface area contributed by atoms with Crippen molar-refractivity contribution in [3.63, 3.8) is 0 Å². The standard InChI is InChI=1S/C14H14N4O2/c1-9-10(2)16-18(14(20)11(9)7-15)8-13(19)12-5-4-6-17(12)3/h4-6H,8H2,1-3H3. The normalized spacial score (nSPS) is 10.3. The van der Waals surface area contributed by atoms with Crippen molar-refractivity contribution >= 4 is 5.78 Å². The lowest BCUT2D eigenvalue weighted by atomic mass is 10.1. The summed E-state index contributed by atoms with van der Waals surface area (Å²) in [5.74, 6) is -0.223. The first kappa shape index (κ1) is 13.7. The van der Waals surface area contributed by atoms with Crippen LogP contribution >= 0.6 is 0 Å². The largest absolute Gasteiger partial charge is 0.348 e. The molecule has 0 bridgehead atoms. The maximum atomic E-state index is 12.1. The van der Waals surface area contributed by atoms with E-state index in [0.29, 0.717) is 17.0 Å². The predicted molar refractivity (Wildman–Crippen MR) is 72.4 cm³/mol. The first-order valence-electron chi connectivity index (χ1n) is 6.08. The highest BCUT2D eigenvalue weighted by molar-refractivity contribution is 5.94. The van der Waals surface area contributed by atoms with Crippen LogP contribution < -0.4 is 5.56 Å². The van der Waals surface area contributed by atoms with E-state index in [1.165, 1.54) is 0 Å². The quantitative estimate of drug-likeness (QED) is 0.778. The highest BCUT2D eigenvalue weighted by Crippen LogP contribution is 2.06. The fraction of sp³-hybridized carbons (Fsp3) is 0.286. The second kappa shape index (κ2) is 5.13. The van der Waals surface area contributed by atoms with E-state index in [1.807, 2.05) is 6.07 Å². The van der Waals surface area contributed by atoms with E-state index in [9.17, 15) is 9.59 Å². The summed E-state index contributed by atoms with van der Waals surface area (Å²) in [5.41, 5.74) is 1.13. The van der Waals surface area contributed by atoms with Gasteiger partial charge in [0.05, 0.1) is 11.4 Å². The first-order chi connectivity index (χ1) is 9.45. The molecule has 0 saturated heterocycles. The molecule has 0 saturated carbocycles. The Hall–Kier alpha value is -2.68. The van der Waals surface area contributed by atoms with Gasteiger partial charge in [0.15, 0.2) is 0 Å². The molecule has 2 rings (SSSR count). The van der Waals surface area contributed by atoms with Crippen LogP contribution in [0.4, 0.5) is 0 Å². The lowest BCUT2D eigenvalue weighted by molar-refractivity contribution is 0.0957. The number of rotatable bonds is 3. The Kier molecular flexibility index (Phi) is 3.53. The first-order valence-corrected chi connectivity index (χ1v) is 6.08. The Morgan fingerprint density at radius 2 is 2.15 bits per heavy atom. The maximum Gasteiger partial charge on any atom is 0.285 e. The van der Waals surface area contributed by atoms with Crippen LogP contribution in [0.5, 0.6) is 0 Å². The summed E-state index contributed by atoms with van der Waals surface area (Å²) in [7, 11) is 1.75. The molecule has 0 aromatic carbocycles. The number of Topliss-reactive ketones (excluding diaryl/α,β-unsaturated/α-hetero) is 1. The van der Waals surface area contributed by atoms with Crippen LogP contribution in [-0.2, 0) is 13.6 Å². The number of aromatic nitrogens is 3. The molecular weight excluding hydrogens is 256 g/mol. The zero-order valence-electron chi connectivity index (χ0n) is 11.5. The van der Waals surface area contributed by atoms with Crippen LogP contribution in [0, 0.1) is 25.2 Å². The number of carbonyl (C=O) groups is 1. The van der Waals surface area contributed by atoms with Gasteiger partial charge in [0.25, 0.3) is 5.56 Å². The third-order valence-corrected chi connectivity index (χ3v) is 3.27. The van der Waals surface area contributed by atoms with Gasteiger partial charge in [-0.05, 0) is 31.5 Å². The molecule has 2 aromatic heterocycles. The van der Waals surface area contributed by atoms with Gasteiger partial charge in [-0.3, -0.25) is 9.59 Å². The number of nitriles is 1. The van der Waals surface area contributed by atoms with Gasteiger partial charge in [0.2, 0.25) is 5.78 Å². The van der Waals surface area contributed by atoms with Crippen molar-refractivity contribution in [2.75, 3.05) is 0 Å². The molecule has 2 aromatic rings. The average Bonchev–Trinajstić information content (AvgIpc) is 2.83. The Morgan fingerprint density at radius 1 is 1.45 bits per heavy atom. The van der Waals surface area contributed by atoms with Gasteiger partial charge in [0.1, 0.15) is 18.2 Å². The molecule has 20 heavy (non-hydrogen) atoms. The summed E-state index contributed by atoms with van der Waals surface area (Å²) in [6.45, 7) is 3.21. The summed E-state index contributed by atoms with van der Waals surface area (Å²) in [5, 5.41) is 13.1. The summed E-state index contributed by atoms with van der Waals surface area (Å²) >= 11 is 0. The van der Waals surface area contributed by atoms with Crippen LogP contribution in [-0.4, -0.2) is 20.1 Å². The Labute approximate surface area is 115 Å². The zero-order valence-corrected chi connectivity index (χ0v) is 11.5. The van der Waals surface area contributed by atoms with E-state index in [4.69, 9.17) is 5.26 Å². The number of hydrogen-bond acceptors (Lipinski definition) is 4. The van der Waals surface area contributed by atoms with Gasteiger partial charge in [-0.1, -0.05) is 0 Å². The van der Waals surface area contributed by atoms with Crippen molar-refractivity contribution in [2.24, 2.45) is 7.05 Å². The number of carbonyl (C=O) groups excluding carboxylic acids is 1. The van der Waals surface area contributed by atoms with E-state index in [-0.39, 0.29) is 17.9 Å². The fourth-order valence-electron chi connectivity index (χ4n) is 1.98. The average molecular weight is 270 g/mol. The smallest absolute Gasteiger partial charge is 0.285 e. The van der Waals surface area contributed by atoms with Gasteiger partial charge in [-0.2, -0.15) is 10.4 Å². The highest BCUT2D eigenvalue weighted by Gasteiger charge is 2.16. The van der Waals surface area contributed by atoms with E-state index >= 15 is 0 Å². The SMILES string of the molecule is Cc1nn(CC(=O)c2cccn2C)c(=O)c(C#N)c1C. The lowest BCUT2D eigenvalue weighted by Crippen LogP contribution is -2.30. The molecule has 0 atom stereocenters. The molecule has 6 nitrogen and oxygen atoms in total. The minimum absolute atomic E-state index is 0.0391. The van der Waals surface area contributed by atoms with Crippen LogP contribution in [0.3, 0.4) is 0 Å². The molecule has 0 unspecified atom stereocenters. The molecule has 0 radical (unpaired) electrons. The Balaban J connectivity index is 2.44. The summed E-state index contributed by atoms with van der Waals surface area (Å²) < 4.78 is 2.73. The fourth-order valence-corrected chi connectivity index (χ4v) is 1.98. The minimum atomic E-state index is -0.529. The Bertz CT molecular complexity index is 777. The van der Waals surface area contributed by atoms with E-state index in [2.05, 4.69) is 5.10 Å². The summed E-state index contributed by atoms with van der Waals surface area (Å²) in [6.07, 6.45) is 1.75. The van der Waals surface area contributed by atoms with Crippen molar-refractivity contribution in [3.05, 3.63) is 51.2 Å². The van der Waals surface area contributed by atoms with E-state index < -0.39 is 5.56 Å². The lowest BCUT2D eigenvalue weighted by Gasteiger charge is -2.08.